The SMILES string of the molecule is COc1cc(-c2ccc(C)cn2)[c-]c(-c2ccc(C)cn2)c1.[Br][Pt+]. The van der Waals surface area contributed by atoms with Gasteiger partial charge in [-0.05, 0) is 25.0 Å². The first-order valence-corrected chi connectivity index (χ1v) is 12.2. The molecule has 126 valence electrons. The Kier molecular flexibility index (Phi) is 7.13. The summed E-state index contributed by atoms with van der Waals surface area (Å²) in [5.74, 6) is 0.772. The van der Waals surface area contributed by atoms with Crippen LogP contribution in [0.2, 0.25) is 0 Å². The molecule has 2 aromatic heterocycles. The summed E-state index contributed by atoms with van der Waals surface area (Å²) in [6, 6.07) is 15.3. The van der Waals surface area contributed by atoms with Gasteiger partial charge in [0.2, 0.25) is 0 Å². The number of nitrogens with zero attached hydrogens (tertiary/aromatic N) is 2. The molecular formula is C19H17BrN2OPt. The predicted octanol–water partition coefficient (Wildman–Crippen LogP) is 5.08. The Hall–Kier alpha value is -1.51. The summed E-state index contributed by atoms with van der Waals surface area (Å²) in [6.07, 6.45) is 3.71. The minimum absolute atomic E-state index is 0.772. The normalized spacial score (nSPS) is 9.92. The summed E-state index contributed by atoms with van der Waals surface area (Å²) in [4.78, 5) is 8.93. The number of hydrogen-bond acceptors (Lipinski definition) is 3. The molecule has 1 aromatic carbocycles. The summed E-state index contributed by atoms with van der Waals surface area (Å²) < 4.78 is 5.41. The van der Waals surface area contributed by atoms with E-state index >= 15 is 0 Å². The van der Waals surface area contributed by atoms with Gasteiger partial charge in [0.25, 0.3) is 0 Å². The summed E-state index contributed by atoms with van der Waals surface area (Å²) in [6.45, 7) is 4.04. The van der Waals surface area contributed by atoms with Gasteiger partial charge in [-0.15, -0.1) is 6.07 Å². The van der Waals surface area contributed by atoms with Crippen LogP contribution in [0.3, 0.4) is 0 Å². The van der Waals surface area contributed by atoms with Gasteiger partial charge in [-0.2, -0.15) is 0 Å². The molecule has 5 heteroatoms. The van der Waals surface area contributed by atoms with E-state index in [1.807, 2.05) is 80.4 Å². The standard InChI is InChI=1S/C19H17N2O.BrH.Pt/c1-13-4-6-18(20-11-13)15-8-16(10-17(9-15)22-3)19-7-5-14(2)12-21-19;;/h4-7,9-12H,1-3H3;1H;/q-1;;+2/p-1. The molecule has 0 aliphatic carbocycles. The monoisotopic (exact) mass is 563 g/mol. The Morgan fingerprint density at radius 3 is 1.67 bits per heavy atom. The first-order chi connectivity index (χ1) is 11.7. The fourth-order valence-corrected chi connectivity index (χ4v) is 2.19. The molecule has 0 aliphatic heterocycles. The number of pyridine rings is 2. The van der Waals surface area contributed by atoms with Gasteiger partial charge in [-0.3, -0.25) is 9.97 Å². The molecule has 0 bridgehead atoms. The van der Waals surface area contributed by atoms with Crippen molar-refractivity contribution in [3.05, 3.63) is 66.0 Å². The van der Waals surface area contributed by atoms with E-state index in [1.54, 1.807) is 7.11 Å². The van der Waals surface area contributed by atoms with Crippen LogP contribution in [0, 0.1) is 19.9 Å². The Morgan fingerprint density at radius 1 is 0.875 bits per heavy atom. The molecule has 0 spiro atoms. The molecule has 2 heterocycles. The average Bonchev–Trinajstić information content (AvgIpc) is 2.64. The number of halogens is 1. The molecule has 0 unspecified atom stereocenters. The molecule has 24 heavy (non-hydrogen) atoms. The third kappa shape index (κ3) is 4.75. The molecule has 3 rings (SSSR count). The molecule has 0 N–H and O–H groups in total. The van der Waals surface area contributed by atoms with E-state index in [-0.39, 0.29) is 0 Å². The maximum absolute atomic E-state index is 5.41. The molecule has 0 aliphatic rings. The van der Waals surface area contributed by atoms with Crippen molar-refractivity contribution in [1.82, 2.24) is 9.97 Å². The van der Waals surface area contributed by atoms with Crippen LogP contribution in [0.1, 0.15) is 11.1 Å². The molecule has 0 radical (unpaired) electrons. The molecule has 0 fully saturated rings. The summed E-state index contributed by atoms with van der Waals surface area (Å²) >= 11 is 4.86. The molecule has 3 nitrogen and oxygen atoms in total. The van der Waals surface area contributed by atoms with Crippen LogP contribution in [0.4, 0.5) is 0 Å². The fourth-order valence-electron chi connectivity index (χ4n) is 2.19. The van der Waals surface area contributed by atoms with E-state index in [4.69, 9.17) is 4.74 Å². The zero-order valence-electron chi connectivity index (χ0n) is 13.6. The minimum atomic E-state index is 0.772. The summed E-state index contributed by atoms with van der Waals surface area (Å²) in [7, 11) is 1.66. The van der Waals surface area contributed by atoms with Crippen LogP contribution in [-0.2, 0) is 17.8 Å². The topological polar surface area (TPSA) is 35.0 Å². The number of benzene rings is 1. The van der Waals surface area contributed by atoms with Crippen LogP contribution in [0.5, 0.6) is 5.75 Å². The van der Waals surface area contributed by atoms with Crippen LogP contribution in [0.25, 0.3) is 22.5 Å². The van der Waals surface area contributed by atoms with Gasteiger partial charge < -0.3 is 4.74 Å². The Balaban J connectivity index is 0.00000100. The average molecular weight is 564 g/mol. The van der Waals surface area contributed by atoms with Gasteiger partial charge in [0.1, 0.15) is 0 Å². The van der Waals surface area contributed by atoms with Crippen molar-refractivity contribution < 1.29 is 22.5 Å². The molecule has 0 saturated heterocycles. The van der Waals surface area contributed by atoms with Crippen molar-refractivity contribution in [3.63, 3.8) is 0 Å². The van der Waals surface area contributed by atoms with Crippen molar-refractivity contribution in [2.45, 2.75) is 13.8 Å². The molecule has 0 amide bonds. The number of aryl methyl sites for hydroxylation is 2. The second-order valence-electron chi connectivity index (χ2n) is 5.29. The second kappa shape index (κ2) is 9.10. The third-order valence-corrected chi connectivity index (χ3v) is 3.45. The van der Waals surface area contributed by atoms with Gasteiger partial charge in [0.05, 0.1) is 12.9 Å². The van der Waals surface area contributed by atoms with Crippen LogP contribution < -0.4 is 4.74 Å². The Morgan fingerprint density at radius 2 is 1.33 bits per heavy atom. The van der Waals surface area contributed by atoms with Gasteiger partial charge in [-0.1, -0.05) is 47.5 Å². The Bertz CT molecular complexity index is 726. The molecular weight excluding hydrogens is 547 g/mol. The van der Waals surface area contributed by atoms with E-state index in [1.165, 1.54) is 0 Å². The number of hydrogen-bond donors (Lipinski definition) is 0. The molecule has 0 saturated carbocycles. The van der Waals surface area contributed by atoms with Crippen LogP contribution >= 0.6 is 13.3 Å². The van der Waals surface area contributed by atoms with E-state index in [0.717, 1.165) is 39.4 Å². The van der Waals surface area contributed by atoms with E-state index in [2.05, 4.69) is 29.3 Å². The fraction of sp³-hybridized carbons (Fsp3) is 0.158. The van der Waals surface area contributed by atoms with Gasteiger partial charge in [-0.25, -0.2) is 0 Å². The van der Waals surface area contributed by atoms with Crippen molar-refractivity contribution in [1.29, 1.82) is 0 Å². The zero-order chi connectivity index (χ0) is 17.5. The van der Waals surface area contributed by atoms with E-state index in [0.29, 0.717) is 0 Å². The van der Waals surface area contributed by atoms with Gasteiger partial charge in [0.15, 0.2) is 0 Å². The maximum atomic E-state index is 5.41. The number of ether oxygens (including phenoxy) is 1. The third-order valence-electron chi connectivity index (χ3n) is 3.45. The first kappa shape index (κ1) is 18.8. The van der Waals surface area contributed by atoms with Gasteiger partial charge in [0, 0.05) is 23.8 Å². The Labute approximate surface area is 160 Å². The molecule has 3 aromatic rings. The van der Waals surface area contributed by atoms with E-state index in [9.17, 15) is 0 Å². The quantitative estimate of drug-likeness (QED) is 0.417. The van der Waals surface area contributed by atoms with Crippen molar-refractivity contribution >= 4 is 13.3 Å². The number of methoxy groups -OCH3 is 1. The zero-order valence-corrected chi connectivity index (χ0v) is 17.5. The number of aromatic nitrogens is 2. The van der Waals surface area contributed by atoms with Gasteiger partial charge >= 0.3 is 31.1 Å². The first-order valence-electron chi connectivity index (χ1n) is 7.25. The second-order valence-corrected chi connectivity index (χ2v) is 5.29. The number of rotatable bonds is 3. The van der Waals surface area contributed by atoms with E-state index < -0.39 is 0 Å². The van der Waals surface area contributed by atoms with Crippen LogP contribution in [0.15, 0.2) is 48.8 Å². The summed E-state index contributed by atoms with van der Waals surface area (Å²) in [5.41, 5.74) is 5.81. The van der Waals surface area contributed by atoms with Crippen LogP contribution in [-0.4, -0.2) is 17.1 Å². The summed E-state index contributed by atoms with van der Waals surface area (Å²) in [5, 5.41) is 0. The predicted molar refractivity (Wildman–Crippen MR) is 96.7 cm³/mol. The van der Waals surface area contributed by atoms with Crippen molar-refractivity contribution in [2.75, 3.05) is 7.11 Å². The molecule has 0 atom stereocenters. The van der Waals surface area contributed by atoms with Crippen molar-refractivity contribution in [3.8, 4) is 28.3 Å². The van der Waals surface area contributed by atoms with Crippen molar-refractivity contribution in [2.24, 2.45) is 0 Å².